The van der Waals surface area contributed by atoms with Gasteiger partial charge in [-0.3, -0.25) is 9.59 Å². The van der Waals surface area contributed by atoms with Crippen molar-refractivity contribution in [2.24, 2.45) is 10.8 Å². The van der Waals surface area contributed by atoms with E-state index in [4.69, 9.17) is 0 Å². The van der Waals surface area contributed by atoms with Crippen LogP contribution in [0.15, 0.2) is 18.2 Å². The van der Waals surface area contributed by atoms with E-state index in [9.17, 15) is 14.0 Å². The lowest BCUT2D eigenvalue weighted by Gasteiger charge is -2.21. The maximum atomic E-state index is 13.3. The quantitative estimate of drug-likeness (QED) is 0.767. The Labute approximate surface area is 125 Å². The van der Waals surface area contributed by atoms with Gasteiger partial charge in [0.15, 0.2) is 5.78 Å². The second kappa shape index (κ2) is 5.36. The standard InChI is InChI=1S/C18H23FO2/c1-12-9-13(5-6-14(12)19)10-15(20)18(7-8-18)16(21)11-17(2,3)4/h5-6,9H,7-8,10-11H2,1-4H3. The molecule has 0 spiro atoms. The molecular formula is C18H23FO2. The number of hydrogen-bond donors (Lipinski definition) is 0. The van der Waals surface area contributed by atoms with Crippen LogP contribution in [0.1, 0.15) is 51.2 Å². The Kier molecular flexibility index (Phi) is 4.05. The zero-order chi connectivity index (χ0) is 15.8. The Balaban J connectivity index is 2.09. The first-order valence-corrected chi connectivity index (χ1v) is 7.46. The van der Waals surface area contributed by atoms with Gasteiger partial charge in [-0.15, -0.1) is 0 Å². The van der Waals surface area contributed by atoms with E-state index in [1.54, 1.807) is 19.1 Å². The molecule has 0 bridgehead atoms. The zero-order valence-electron chi connectivity index (χ0n) is 13.3. The van der Waals surface area contributed by atoms with Crippen molar-refractivity contribution in [2.75, 3.05) is 0 Å². The third-order valence-corrected chi connectivity index (χ3v) is 4.10. The van der Waals surface area contributed by atoms with E-state index < -0.39 is 5.41 Å². The summed E-state index contributed by atoms with van der Waals surface area (Å²) in [5, 5.41) is 0. The van der Waals surface area contributed by atoms with Crippen LogP contribution in [0.25, 0.3) is 0 Å². The molecule has 1 aromatic carbocycles. The van der Waals surface area contributed by atoms with Crippen LogP contribution in [0.3, 0.4) is 0 Å². The second-order valence-electron chi connectivity index (χ2n) is 7.43. The molecular weight excluding hydrogens is 267 g/mol. The van der Waals surface area contributed by atoms with E-state index in [-0.39, 0.29) is 29.2 Å². The van der Waals surface area contributed by atoms with Crippen LogP contribution in [0.4, 0.5) is 4.39 Å². The molecule has 0 amide bonds. The lowest BCUT2D eigenvalue weighted by Crippen LogP contribution is -2.30. The van der Waals surface area contributed by atoms with Crippen LogP contribution in [0.5, 0.6) is 0 Å². The van der Waals surface area contributed by atoms with E-state index in [1.165, 1.54) is 6.07 Å². The Morgan fingerprint density at radius 1 is 1.19 bits per heavy atom. The second-order valence-corrected chi connectivity index (χ2v) is 7.43. The molecule has 0 aromatic heterocycles. The summed E-state index contributed by atoms with van der Waals surface area (Å²) in [6.45, 7) is 7.71. The van der Waals surface area contributed by atoms with Crippen LogP contribution >= 0.6 is 0 Å². The molecule has 1 saturated carbocycles. The van der Waals surface area contributed by atoms with Crippen LogP contribution < -0.4 is 0 Å². The van der Waals surface area contributed by atoms with Crippen LogP contribution in [-0.4, -0.2) is 11.6 Å². The fourth-order valence-electron chi connectivity index (χ4n) is 2.66. The molecule has 0 saturated heterocycles. The summed E-state index contributed by atoms with van der Waals surface area (Å²) in [4.78, 5) is 24.9. The van der Waals surface area contributed by atoms with Crippen molar-refractivity contribution in [3.63, 3.8) is 0 Å². The molecule has 0 atom stereocenters. The van der Waals surface area contributed by atoms with Crippen LogP contribution in [-0.2, 0) is 16.0 Å². The van der Waals surface area contributed by atoms with Crippen LogP contribution in [0.2, 0.25) is 0 Å². The predicted molar refractivity (Wildman–Crippen MR) is 80.6 cm³/mol. The normalized spacial score (nSPS) is 16.6. The first-order valence-electron chi connectivity index (χ1n) is 7.46. The minimum atomic E-state index is -0.754. The van der Waals surface area contributed by atoms with Gasteiger partial charge in [0, 0.05) is 12.8 Å². The van der Waals surface area contributed by atoms with Gasteiger partial charge in [0.05, 0.1) is 5.41 Å². The molecule has 0 N–H and O–H groups in total. The molecule has 21 heavy (non-hydrogen) atoms. The van der Waals surface area contributed by atoms with E-state index in [2.05, 4.69) is 0 Å². The van der Waals surface area contributed by atoms with E-state index in [0.29, 0.717) is 24.8 Å². The summed E-state index contributed by atoms with van der Waals surface area (Å²) < 4.78 is 13.3. The molecule has 0 heterocycles. The number of carbonyl (C=O) groups excluding carboxylic acids is 2. The molecule has 2 nitrogen and oxygen atoms in total. The van der Waals surface area contributed by atoms with Crippen molar-refractivity contribution >= 4 is 11.6 Å². The first kappa shape index (κ1) is 15.9. The SMILES string of the molecule is Cc1cc(CC(=O)C2(C(=O)CC(C)(C)C)CC2)ccc1F. The van der Waals surface area contributed by atoms with Gasteiger partial charge in [-0.1, -0.05) is 32.9 Å². The number of hydrogen-bond acceptors (Lipinski definition) is 2. The Hall–Kier alpha value is -1.51. The average Bonchev–Trinajstić information content (AvgIpc) is 3.13. The topological polar surface area (TPSA) is 34.1 Å². The summed E-state index contributed by atoms with van der Waals surface area (Å²) in [5.41, 5.74) is 0.467. The Morgan fingerprint density at radius 3 is 2.29 bits per heavy atom. The number of benzene rings is 1. The van der Waals surface area contributed by atoms with Gasteiger partial charge in [-0.25, -0.2) is 4.39 Å². The molecule has 3 heteroatoms. The van der Waals surface area contributed by atoms with Gasteiger partial charge in [-0.2, -0.15) is 0 Å². The van der Waals surface area contributed by atoms with E-state index >= 15 is 0 Å². The molecule has 114 valence electrons. The minimum absolute atomic E-state index is 0.0113. The highest BCUT2D eigenvalue weighted by Gasteiger charge is 2.55. The number of rotatable bonds is 5. The average molecular weight is 290 g/mol. The molecule has 2 rings (SSSR count). The summed E-state index contributed by atoms with van der Waals surface area (Å²) in [5.74, 6) is -0.210. The minimum Gasteiger partial charge on any atom is -0.299 e. The highest BCUT2D eigenvalue weighted by atomic mass is 19.1. The maximum absolute atomic E-state index is 13.3. The highest BCUT2D eigenvalue weighted by molar-refractivity contribution is 6.10. The summed E-state index contributed by atoms with van der Waals surface area (Å²) >= 11 is 0. The first-order chi connectivity index (χ1) is 9.64. The lowest BCUT2D eigenvalue weighted by molar-refractivity contribution is -0.135. The van der Waals surface area contributed by atoms with Crippen molar-refractivity contribution in [1.82, 2.24) is 0 Å². The molecule has 1 aromatic rings. The van der Waals surface area contributed by atoms with Crippen molar-refractivity contribution in [3.05, 3.63) is 35.1 Å². The lowest BCUT2D eigenvalue weighted by atomic mass is 9.81. The fourth-order valence-corrected chi connectivity index (χ4v) is 2.66. The van der Waals surface area contributed by atoms with Crippen molar-refractivity contribution in [3.8, 4) is 0 Å². The fraction of sp³-hybridized carbons (Fsp3) is 0.556. The number of carbonyl (C=O) groups is 2. The summed E-state index contributed by atoms with van der Waals surface area (Å²) in [6.07, 6.45) is 1.99. The molecule has 1 fully saturated rings. The molecule has 0 radical (unpaired) electrons. The molecule has 0 unspecified atom stereocenters. The van der Waals surface area contributed by atoms with Gasteiger partial charge in [0.1, 0.15) is 11.6 Å². The number of halogens is 1. The van der Waals surface area contributed by atoms with Crippen molar-refractivity contribution < 1.29 is 14.0 Å². The monoisotopic (exact) mass is 290 g/mol. The van der Waals surface area contributed by atoms with Crippen molar-refractivity contribution in [2.45, 2.75) is 53.4 Å². The largest absolute Gasteiger partial charge is 0.299 e. The summed E-state index contributed by atoms with van der Waals surface area (Å²) in [6, 6.07) is 4.70. The highest BCUT2D eigenvalue weighted by Crippen LogP contribution is 2.50. The molecule has 1 aliphatic rings. The van der Waals surface area contributed by atoms with Gasteiger partial charge >= 0.3 is 0 Å². The van der Waals surface area contributed by atoms with Gasteiger partial charge in [0.2, 0.25) is 0 Å². The summed E-state index contributed by atoms with van der Waals surface area (Å²) in [7, 11) is 0. The van der Waals surface area contributed by atoms with Gasteiger partial charge in [-0.05, 0) is 42.4 Å². The van der Waals surface area contributed by atoms with E-state index in [0.717, 1.165) is 5.56 Å². The third-order valence-electron chi connectivity index (χ3n) is 4.10. The predicted octanol–water partition coefficient (Wildman–Crippen LogP) is 4.03. The van der Waals surface area contributed by atoms with Crippen molar-refractivity contribution in [1.29, 1.82) is 0 Å². The Morgan fingerprint density at radius 2 is 1.81 bits per heavy atom. The third kappa shape index (κ3) is 3.58. The van der Waals surface area contributed by atoms with E-state index in [1.807, 2.05) is 20.8 Å². The maximum Gasteiger partial charge on any atom is 0.150 e. The zero-order valence-corrected chi connectivity index (χ0v) is 13.3. The number of ketones is 2. The van der Waals surface area contributed by atoms with Gasteiger partial charge in [0.25, 0.3) is 0 Å². The van der Waals surface area contributed by atoms with Gasteiger partial charge < -0.3 is 0 Å². The number of Topliss-reactive ketones (excluding diaryl/α,β-unsaturated/α-hetero) is 2. The Bertz CT molecular complexity index is 577. The molecule has 0 aliphatic heterocycles. The smallest absolute Gasteiger partial charge is 0.150 e. The van der Waals surface area contributed by atoms with Crippen LogP contribution in [0, 0.1) is 23.6 Å². The number of aryl methyl sites for hydroxylation is 1. The molecule has 1 aliphatic carbocycles.